The summed E-state index contributed by atoms with van der Waals surface area (Å²) in [4.78, 5) is 40.6. The lowest BCUT2D eigenvalue weighted by atomic mass is 10.2. The highest BCUT2D eigenvalue weighted by Gasteiger charge is 2.28. The zero-order valence-corrected chi connectivity index (χ0v) is 29.4. The van der Waals surface area contributed by atoms with Gasteiger partial charge in [-0.1, -0.05) is 29.8 Å². The van der Waals surface area contributed by atoms with Crippen LogP contribution in [0.1, 0.15) is 37.7 Å². The first-order chi connectivity index (χ1) is 24.7. The van der Waals surface area contributed by atoms with E-state index < -0.39 is 16.7 Å². The summed E-state index contributed by atoms with van der Waals surface area (Å²) in [5.41, 5.74) is 2.20. The van der Waals surface area contributed by atoms with E-state index in [-0.39, 0.29) is 25.6 Å². The molecule has 15 heteroatoms. The predicted octanol–water partition coefficient (Wildman–Crippen LogP) is 6.17. The lowest BCUT2D eigenvalue weighted by Crippen LogP contribution is -2.44. The van der Waals surface area contributed by atoms with Crippen LogP contribution in [0.2, 0.25) is 5.02 Å². The van der Waals surface area contributed by atoms with Crippen molar-refractivity contribution in [3.05, 3.63) is 99.1 Å². The van der Waals surface area contributed by atoms with Crippen molar-refractivity contribution in [1.29, 1.82) is 0 Å². The molecule has 2 fully saturated rings. The quantitative estimate of drug-likeness (QED) is 0.0649. The minimum absolute atomic E-state index is 0.103. The van der Waals surface area contributed by atoms with Gasteiger partial charge in [-0.25, -0.2) is 8.78 Å². The first kappa shape index (κ1) is 40.7. The second kappa shape index (κ2) is 22.9. The molecule has 51 heavy (non-hydrogen) atoms. The lowest BCUT2D eigenvalue weighted by molar-refractivity contribution is -0.757. The van der Waals surface area contributed by atoms with Gasteiger partial charge in [0.15, 0.2) is 11.6 Å². The van der Waals surface area contributed by atoms with Gasteiger partial charge in [0, 0.05) is 55.5 Å². The molecule has 1 aliphatic carbocycles. The van der Waals surface area contributed by atoms with E-state index >= 15 is 0 Å². The molecular weight excluding hydrogens is 690 g/mol. The molecule has 1 amide bonds. The highest BCUT2D eigenvalue weighted by atomic mass is 35.5. The topological polar surface area (TPSA) is 124 Å². The van der Waals surface area contributed by atoms with Crippen molar-refractivity contribution in [2.24, 2.45) is 0 Å². The summed E-state index contributed by atoms with van der Waals surface area (Å²) in [6.07, 6.45) is 5.23. The SMILES string of the molecule is CN1CCN(c2ccc(OCCOc3cc(F)ccc3F)cc2)CC1.O=CN(Cc1ccccc1Cl)C1CC1.O=COCCCCCO[N+](=O)[O-]. The smallest absolute Gasteiger partial charge is 0.294 e. The highest BCUT2D eigenvalue weighted by molar-refractivity contribution is 6.31. The van der Waals surface area contributed by atoms with E-state index in [0.29, 0.717) is 38.5 Å². The van der Waals surface area contributed by atoms with E-state index in [4.69, 9.17) is 21.1 Å². The molecule has 3 aromatic rings. The predicted molar refractivity (Wildman–Crippen MR) is 188 cm³/mol. The average molecular weight is 735 g/mol. The number of rotatable bonds is 18. The van der Waals surface area contributed by atoms with Crippen LogP contribution < -0.4 is 14.4 Å². The molecule has 0 radical (unpaired) electrons. The van der Waals surface area contributed by atoms with Crippen LogP contribution in [-0.4, -0.2) is 93.5 Å². The number of carbonyl (C=O) groups is 2. The zero-order chi connectivity index (χ0) is 36.8. The molecule has 0 unspecified atom stereocenters. The van der Waals surface area contributed by atoms with Crippen LogP contribution in [0.4, 0.5) is 14.5 Å². The summed E-state index contributed by atoms with van der Waals surface area (Å²) < 4.78 is 41.7. The number of piperazine rings is 1. The minimum atomic E-state index is -0.818. The summed E-state index contributed by atoms with van der Waals surface area (Å²) in [5, 5.41) is 9.57. The number of amides is 1. The summed E-state index contributed by atoms with van der Waals surface area (Å²) >= 11 is 6.01. The van der Waals surface area contributed by atoms with Crippen LogP contribution in [0.3, 0.4) is 0 Å². The Balaban J connectivity index is 0.000000229. The van der Waals surface area contributed by atoms with Crippen LogP contribution in [0, 0.1) is 21.7 Å². The average Bonchev–Trinajstić information content (AvgIpc) is 3.98. The highest BCUT2D eigenvalue weighted by Crippen LogP contribution is 2.28. The Morgan fingerprint density at radius 1 is 0.902 bits per heavy atom. The molecule has 0 spiro atoms. The summed E-state index contributed by atoms with van der Waals surface area (Å²) in [7, 11) is 2.13. The van der Waals surface area contributed by atoms with Gasteiger partial charge in [0.25, 0.3) is 11.6 Å². The number of ether oxygens (including phenoxy) is 3. The van der Waals surface area contributed by atoms with Gasteiger partial charge >= 0.3 is 0 Å². The minimum Gasteiger partial charge on any atom is -0.490 e. The number of hydrogen-bond donors (Lipinski definition) is 0. The standard InChI is InChI=1S/C19H22F2N2O2.C11H12ClNO.C6H11NO5/c1-22-8-10-23(11-9-22)16-3-5-17(6-4-16)24-12-13-25-19-14-15(20)2-7-18(19)21;12-11-4-2-1-3-9(11)7-13(8-14)10-5-6-10;8-6-11-4-2-1-3-5-12-7(9)10/h2-7,14H,8-13H2,1H3;1-4,8,10H,5-7H2;6H,1-5H2. The lowest BCUT2D eigenvalue weighted by Gasteiger charge is -2.34. The zero-order valence-electron chi connectivity index (χ0n) is 28.7. The molecule has 5 rings (SSSR count). The molecule has 1 aliphatic heterocycles. The van der Waals surface area contributed by atoms with Gasteiger partial charge in [0.1, 0.15) is 24.8 Å². The molecule has 2 aliphatic rings. The number of carbonyl (C=O) groups excluding carboxylic acids is 2. The number of likely N-dealkylation sites (N-methyl/N-ethyl adjacent to an activating group) is 1. The number of nitrogens with zero attached hydrogens (tertiary/aromatic N) is 4. The Morgan fingerprint density at radius 2 is 1.59 bits per heavy atom. The molecular formula is C36H45ClF2N4O8. The van der Waals surface area contributed by atoms with E-state index in [2.05, 4.69) is 26.4 Å². The van der Waals surface area contributed by atoms with Crippen LogP contribution >= 0.6 is 11.6 Å². The number of benzene rings is 3. The van der Waals surface area contributed by atoms with E-state index in [1.54, 1.807) is 0 Å². The third-order valence-corrected chi connectivity index (χ3v) is 8.21. The van der Waals surface area contributed by atoms with E-state index in [0.717, 1.165) is 86.4 Å². The molecule has 0 atom stereocenters. The van der Waals surface area contributed by atoms with Crippen molar-refractivity contribution in [3.63, 3.8) is 0 Å². The molecule has 12 nitrogen and oxygen atoms in total. The van der Waals surface area contributed by atoms with Crippen molar-refractivity contribution >= 4 is 30.2 Å². The molecule has 0 bridgehead atoms. The Bertz CT molecular complexity index is 1480. The Morgan fingerprint density at radius 3 is 2.24 bits per heavy atom. The molecule has 3 aromatic carbocycles. The maximum atomic E-state index is 13.4. The Labute approximate surface area is 301 Å². The number of hydrogen-bond acceptors (Lipinski definition) is 10. The fraction of sp³-hybridized carbons (Fsp3) is 0.444. The van der Waals surface area contributed by atoms with Crippen LogP contribution in [0.15, 0.2) is 66.7 Å². The maximum Gasteiger partial charge on any atom is 0.294 e. The van der Waals surface area contributed by atoms with E-state index in [1.807, 2.05) is 53.4 Å². The fourth-order valence-corrected chi connectivity index (χ4v) is 5.05. The van der Waals surface area contributed by atoms with Crippen molar-refractivity contribution < 1.29 is 42.5 Å². The van der Waals surface area contributed by atoms with Crippen molar-refractivity contribution in [2.75, 3.05) is 64.6 Å². The molecule has 1 heterocycles. The maximum absolute atomic E-state index is 13.4. The van der Waals surface area contributed by atoms with Gasteiger partial charge in [0.2, 0.25) is 6.41 Å². The molecule has 1 saturated carbocycles. The number of anilines is 1. The van der Waals surface area contributed by atoms with Gasteiger partial charge in [-0.05, 0) is 87.2 Å². The summed E-state index contributed by atoms with van der Waals surface area (Å²) in [6, 6.07) is 19.1. The summed E-state index contributed by atoms with van der Waals surface area (Å²) in [5.74, 6) is -0.495. The van der Waals surface area contributed by atoms with Crippen LogP contribution in [0.5, 0.6) is 11.5 Å². The van der Waals surface area contributed by atoms with Crippen LogP contribution in [-0.2, 0) is 25.7 Å². The van der Waals surface area contributed by atoms with Gasteiger partial charge < -0.3 is 33.7 Å². The van der Waals surface area contributed by atoms with Crippen LogP contribution in [0.25, 0.3) is 0 Å². The van der Waals surface area contributed by atoms with Crippen molar-refractivity contribution in [1.82, 2.24) is 9.80 Å². The van der Waals surface area contributed by atoms with Gasteiger partial charge in [-0.3, -0.25) is 9.59 Å². The first-order valence-electron chi connectivity index (χ1n) is 16.7. The third-order valence-electron chi connectivity index (χ3n) is 7.84. The van der Waals surface area contributed by atoms with E-state index in [1.165, 1.54) is 5.69 Å². The third kappa shape index (κ3) is 16.3. The van der Waals surface area contributed by atoms with E-state index in [9.17, 15) is 28.5 Å². The monoisotopic (exact) mass is 734 g/mol. The second-order valence-electron chi connectivity index (χ2n) is 11.7. The Kier molecular flexibility index (Phi) is 18.3. The summed E-state index contributed by atoms with van der Waals surface area (Å²) in [6.45, 7) is 6.04. The normalized spacial score (nSPS) is 13.8. The fourth-order valence-electron chi connectivity index (χ4n) is 4.85. The Hall–Kier alpha value is -4.69. The number of unbranched alkanes of at least 4 members (excludes halogenated alkanes) is 2. The van der Waals surface area contributed by atoms with Gasteiger partial charge in [-0.15, -0.1) is 10.1 Å². The second-order valence-corrected chi connectivity index (χ2v) is 12.1. The molecule has 0 N–H and O–H groups in total. The van der Waals surface area contributed by atoms with Crippen molar-refractivity contribution in [2.45, 2.75) is 44.7 Å². The van der Waals surface area contributed by atoms with Gasteiger partial charge in [-0.2, -0.15) is 0 Å². The molecule has 278 valence electrons. The first-order valence-corrected chi connectivity index (χ1v) is 17.1. The van der Waals surface area contributed by atoms with Crippen molar-refractivity contribution in [3.8, 4) is 11.5 Å². The number of halogens is 3. The molecule has 1 saturated heterocycles. The largest absolute Gasteiger partial charge is 0.490 e. The van der Waals surface area contributed by atoms with Gasteiger partial charge in [0.05, 0.1) is 13.2 Å². The molecule has 0 aromatic heterocycles.